The van der Waals surface area contributed by atoms with Crippen LogP contribution in [-0.4, -0.2) is 29.1 Å². The highest BCUT2D eigenvalue weighted by Crippen LogP contribution is 2.37. The number of nitrogens with two attached hydrogens (primary N) is 1. The molecule has 0 atom stereocenters. The van der Waals surface area contributed by atoms with Crippen molar-refractivity contribution in [3.05, 3.63) is 17.7 Å². The highest BCUT2D eigenvalue weighted by atomic mass is 15.2. The van der Waals surface area contributed by atoms with E-state index in [0.29, 0.717) is 12.0 Å². The van der Waals surface area contributed by atoms with E-state index >= 15 is 0 Å². The van der Waals surface area contributed by atoms with Gasteiger partial charge in [0.25, 0.3) is 0 Å². The van der Waals surface area contributed by atoms with Crippen molar-refractivity contribution in [2.24, 2.45) is 5.73 Å². The summed E-state index contributed by atoms with van der Waals surface area (Å²) in [6.45, 7) is 8.80. The largest absolute Gasteiger partial charge is 0.369 e. The Kier molecular flexibility index (Phi) is 3.91. The van der Waals surface area contributed by atoms with Gasteiger partial charge in [-0.15, -0.1) is 0 Å². The molecule has 2 heterocycles. The normalized spacial score (nSPS) is 21.4. The predicted octanol–water partition coefficient (Wildman–Crippen LogP) is 2.97. The Morgan fingerprint density at radius 1 is 1.14 bits per heavy atom. The molecule has 0 amide bonds. The summed E-state index contributed by atoms with van der Waals surface area (Å²) in [5, 5.41) is 0. The number of hydrogen-bond donors (Lipinski definition) is 1. The van der Waals surface area contributed by atoms with Crippen LogP contribution < -0.4 is 10.6 Å². The molecule has 0 unspecified atom stereocenters. The number of rotatable bonds is 2. The van der Waals surface area contributed by atoms with Crippen LogP contribution in [0.4, 0.5) is 5.69 Å². The molecule has 4 heteroatoms. The second kappa shape index (κ2) is 5.56. The molecule has 3 rings (SSSR count). The molecule has 1 saturated heterocycles. The molecule has 1 saturated carbocycles. The summed E-state index contributed by atoms with van der Waals surface area (Å²) in [4.78, 5) is 12.1. The fourth-order valence-corrected chi connectivity index (χ4v) is 3.18. The Balaban J connectivity index is 1.91. The Labute approximate surface area is 128 Å². The highest BCUT2D eigenvalue weighted by Gasteiger charge is 2.29. The molecule has 0 spiro atoms. The van der Waals surface area contributed by atoms with Crippen molar-refractivity contribution in [1.29, 1.82) is 0 Å². The lowest BCUT2D eigenvalue weighted by Gasteiger charge is -2.35. The molecule has 2 N–H and O–H groups in total. The average molecular weight is 288 g/mol. The summed E-state index contributed by atoms with van der Waals surface area (Å²) in [7, 11) is 0. The first-order chi connectivity index (χ1) is 9.95. The van der Waals surface area contributed by atoms with E-state index in [0.717, 1.165) is 31.8 Å². The second-order valence-electron chi connectivity index (χ2n) is 7.66. The smallest absolute Gasteiger partial charge is 0.131 e. The van der Waals surface area contributed by atoms with Gasteiger partial charge in [-0.25, -0.2) is 9.97 Å². The minimum atomic E-state index is 0.0519. The molecular weight excluding hydrogens is 260 g/mol. The summed E-state index contributed by atoms with van der Waals surface area (Å²) >= 11 is 0. The van der Waals surface area contributed by atoms with Gasteiger partial charge in [-0.1, -0.05) is 27.2 Å². The molecule has 1 aliphatic carbocycles. The maximum atomic E-state index is 6.03. The Bertz CT molecular complexity index is 494. The molecule has 1 aromatic heterocycles. The van der Waals surface area contributed by atoms with Gasteiger partial charge < -0.3 is 10.6 Å². The third-order valence-corrected chi connectivity index (χ3v) is 4.85. The zero-order chi connectivity index (χ0) is 15.0. The number of piperidine rings is 1. The van der Waals surface area contributed by atoms with Crippen molar-refractivity contribution in [2.75, 3.05) is 18.0 Å². The molecule has 2 fully saturated rings. The van der Waals surface area contributed by atoms with Crippen LogP contribution in [0.5, 0.6) is 0 Å². The van der Waals surface area contributed by atoms with E-state index in [1.165, 1.54) is 30.6 Å². The van der Waals surface area contributed by atoms with Gasteiger partial charge in [0.1, 0.15) is 5.82 Å². The predicted molar refractivity (Wildman–Crippen MR) is 86.7 cm³/mol. The maximum absolute atomic E-state index is 6.03. The van der Waals surface area contributed by atoms with Crippen LogP contribution in [0.15, 0.2) is 6.20 Å². The van der Waals surface area contributed by atoms with E-state index in [2.05, 4.69) is 36.9 Å². The van der Waals surface area contributed by atoms with Gasteiger partial charge >= 0.3 is 0 Å². The molecule has 0 radical (unpaired) electrons. The Morgan fingerprint density at radius 3 is 2.33 bits per heavy atom. The van der Waals surface area contributed by atoms with Crippen molar-refractivity contribution < 1.29 is 0 Å². The van der Waals surface area contributed by atoms with Crippen molar-refractivity contribution in [3.8, 4) is 0 Å². The van der Waals surface area contributed by atoms with Gasteiger partial charge in [-0.3, -0.25) is 0 Å². The van der Waals surface area contributed by atoms with Crippen LogP contribution in [0.2, 0.25) is 0 Å². The van der Waals surface area contributed by atoms with E-state index in [-0.39, 0.29) is 5.41 Å². The van der Waals surface area contributed by atoms with Crippen LogP contribution >= 0.6 is 0 Å². The summed E-state index contributed by atoms with van der Waals surface area (Å²) in [6.07, 6.45) is 8.02. The highest BCUT2D eigenvalue weighted by molar-refractivity contribution is 5.52. The number of hydrogen-bond acceptors (Lipinski definition) is 4. The van der Waals surface area contributed by atoms with Gasteiger partial charge in [0.05, 0.1) is 17.6 Å². The number of anilines is 1. The molecule has 116 valence electrons. The lowest BCUT2D eigenvalue weighted by molar-refractivity contribution is 0.397. The standard InChI is InChI=1S/C17H28N4/c1-17(2,3)15-14(21-9-7-13(18)8-10-21)11-19-16(20-15)12-5-4-6-12/h11-13H,4-10,18H2,1-3H3. The third-order valence-electron chi connectivity index (χ3n) is 4.85. The van der Waals surface area contributed by atoms with Crippen molar-refractivity contribution in [1.82, 2.24) is 9.97 Å². The van der Waals surface area contributed by atoms with Crippen LogP contribution in [0.1, 0.15) is 70.3 Å². The molecule has 1 aliphatic heterocycles. The van der Waals surface area contributed by atoms with E-state index in [1.54, 1.807) is 0 Å². The zero-order valence-electron chi connectivity index (χ0n) is 13.6. The van der Waals surface area contributed by atoms with Gasteiger partial charge in [0.2, 0.25) is 0 Å². The molecule has 0 bridgehead atoms. The fraction of sp³-hybridized carbons (Fsp3) is 0.765. The molecule has 0 aromatic carbocycles. The van der Waals surface area contributed by atoms with Gasteiger partial charge in [0.15, 0.2) is 0 Å². The molecule has 2 aliphatic rings. The second-order valence-corrected chi connectivity index (χ2v) is 7.66. The number of aromatic nitrogens is 2. The topological polar surface area (TPSA) is 55.0 Å². The van der Waals surface area contributed by atoms with Gasteiger partial charge in [-0.2, -0.15) is 0 Å². The maximum Gasteiger partial charge on any atom is 0.131 e. The van der Waals surface area contributed by atoms with Gasteiger partial charge in [-0.05, 0) is 25.7 Å². The van der Waals surface area contributed by atoms with Crippen molar-refractivity contribution >= 4 is 5.69 Å². The first-order valence-corrected chi connectivity index (χ1v) is 8.33. The van der Waals surface area contributed by atoms with Crippen LogP contribution in [0, 0.1) is 0 Å². The van der Waals surface area contributed by atoms with E-state index < -0.39 is 0 Å². The van der Waals surface area contributed by atoms with Gasteiger partial charge in [0, 0.05) is 30.5 Å². The zero-order valence-corrected chi connectivity index (χ0v) is 13.6. The van der Waals surface area contributed by atoms with Crippen LogP contribution in [0.25, 0.3) is 0 Å². The molecule has 1 aromatic rings. The third kappa shape index (κ3) is 3.05. The quantitative estimate of drug-likeness (QED) is 0.909. The molecular formula is C17H28N4. The summed E-state index contributed by atoms with van der Waals surface area (Å²) < 4.78 is 0. The minimum absolute atomic E-state index is 0.0519. The summed E-state index contributed by atoms with van der Waals surface area (Å²) in [6, 6.07) is 0.356. The van der Waals surface area contributed by atoms with Crippen LogP contribution in [0.3, 0.4) is 0 Å². The van der Waals surface area contributed by atoms with Crippen molar-refractivity contribution in [2.45, 2.75) is 70.3 Å². The minimum Gasteiger partial charge on any atom is -0.369 e. The molecule has 4 nitrogen and oxygen atoms in total. The Morgan fingerprint density at radius 2 is 1.81 bits per heavy atom. The van der Waals surface area contributed by atoms with Crippen LogP contribution in [-0.2, 0) is 5.41 Å². The van der Waals surface area contributed by atoms with Crippen molar-refractivity contribution in [3.63, 3.8) is 0 Å². The molecule has 21 heavy (non-hydrogen) atoms. The number of nitrogens with zero attached hydrogens (tertiary/aromatic N) is 3. The summed E-state index contributed by atoms with van der Waals surface area (Å²) in [5.41, 5.74) is 8.51. The lowest BCUT2D eigenvalue weighted by atomic mass is 9.84. The van der Waals surface area contributed by atoms with E-state index in [1.807, 2.05) is 0 Å². The van der Waals surface area contributed by atoms with E-state index in [9.17, 15) is 0 Å². The Hall–Kier alpha value is -1.16. The fourth-order valence-electron chi connectivity index (χ4n) is 3.18. The van der Waals surface area contributed by atoms with E-state index in [4.69, 9.17) is 10.7 Å². The average Bonchev–Trinajstić information content (AvgIpc) is 2.37. The summed E-state index contributed by atoms with van der Waals surface area (Å²) in [5.74, 6) is 1.65. The SMILES string of the molecule is CC(C)(C)c1nc(C2CCC2)ncc1N1CCC(N)CC1. The first-order valence-electron chi connectivity index (χ1n) is 8.33. The first kappa shape index (κ1) is 14.8. The lowest BCUT2D eigenvalue weighted by Crippen LogP contribution is -2.41. The monoisotopic (exact) mass is 288 g/mol.